The summed E-state index contributed by atoms with van der Waals surface area (Å²) in [4.78, 5) is 13.3. The molecule has 0 aliphatic rings. The smallest absolute Gasteiger partial charge is 0.0916 e. The summed E-state index contributed by atoms with van der Waals surface area (Å²) in [5.41, 5.74) is 3.70. The summed E-state index contributed by atoms with van der Waals surface area (Å²) in [5, 5.41) is 0. The van der Waals surface area contributed by atoms with Crippen LogP contribution in [-0.2, 0) is 9.57 Å². The van der Waals surface area contributed by atoms with Crippen LogP contribution in [0.1, 0.15) is 18.7 Å². The van der Waals surface area contributed by atoms with Gasteiger partial charge >= 0.3 is 0 Å². The minimum Gasteiger partial charge on any atom is -0.382 e. The van der Waals surface area contributed by atoms with Gasteiger partial charge in [0.1, 0.15) is 0 Å². The van der Waals surface area contributed by atoms with Crippen molar-refractivity contribution >= 4 is 0 Å². The Labute approximate surface area is 83.4 Å². The largest absolute Gasteiger partial charge is 0.382 e. The molecule has 1 unspecified atom stereocenters. The molecule has 5 nitrogen and oxygen atoms in total. The standard InChI is InChI=1S/C9H15N3O2/c1-8(12-14-6-5-13-2)9-7-10-3-4-11-9/h3-4,7-8,12H,5-6H2,1-2H3. The lowest BCUT2D eigenvalue weighted by Gasteiger charge is -2.12. The number of hydrogen-bond acceptors (Lipinski definition) is 5. The highest BCUT2D eigenvalue weighted by Crippen LogP contribution is 2.05. The molecule has 0 radical (unpaired) electrons. The molecule has 1 atom stereocenters. The summed E-state index contributed by atoms with van der Waals surface area (Å²) >= 11 is 0. The molecule has 0 aliphatic heterocycles. The first kappa shape index (κ1) is 11.0. The van der Waals surface area contributed by atoms with Crippen molar-refractivity contribution in [2.75, 3.05) is 20.3 Å². The predicted octanol–water partition coefficient (Wildman–Crippen LogP) is 0.705. The van der Waals surface area contributed by atoms with E-state index < -0.39 is 0 Å². The molecule has 14 heavy (non-hydrogen) atoms. The fourth-order valence-electron chi connectivity index (χ4n) is 0.904. The van der Waals surface area contributed by atoms with Gasteiger partial charge < -0.3 is 4.74 Å². The molecule has 0 bridgehead atoms. The lowest BCUT2D eigenvalue weighted by Crippen LogP contribution is -2.22. The zero-order valence-corrected chi connectivity index (χ0v) is 8.43. The minimum atomic E-state index is 0.0283. The second kappa shape index (κ2) is 6.42. The zero-order chi connectivity index (χ0) is 10.2. The normalized spacial score (nSPS) is 12.7. The van der Waals surface area contributed by atoms with Gasteiger partial charge in [-0.1, -0.05) is 0 Å². The lowest BCUT2D eigenvalue weighted by atomic mass is 10.3. The van der Waals surface area contributed by atoms with E-state index in [9.17, 15) is 0 Å². The van der Waals surface area contributed by atoms with Gasteiger partial charge in [-0.2, -0.15) is 5.48 Å². The van der Waals surface area contributed by atoms with E-state index in [0.717, 1.165) is 5.69 Å². The van der Waals surface area contributed by atoms with E-state index in [4.69, 9.17) is 9.57 Å². The number of nitrogens with one attached hydrogen (secondary N) is 1. The first-order valence-electron chi connectivity index (χ1n) is 4.46. The van der Waals surface area contributed by atoms with E-state index in [1.807, 2.05) is 6.92 Å². The van der Waals surface area contributed by atoms with Crippen molar-refractivity contribution in [2.45, 2.75) is 13.0 Å². The first-order valence-corrected chi connectivity index (χ1v) is 4.46. The van der Waals surface area contributed by atoms with Crippen LogP contribution in [0.5, 0.6) is 0 Å². The number of hydroxylamine groups is 1. The quantitative estimate of drug-likeness (QED) is 0.537. The maximum Gasteiger partial charge on any atom is 0.0916 e. The summed E-state index contributed by atoms with van der Waals surface area (Å²) in [7, 11) is 1.63. The Balaban J connectivity index is 2.25. The van der Waals surface area contributed by atoms with Gasteiger partial charge in [0.05, 0.1) is 31.1 Å². The number of rotatable bonds is 6. The molecular weight excluding hydrogens is 182 g/mol. The molecule has 1 aromatic heterocycles. The van der Waals surface area contributed by atoms with Gasteiger partial charge in [-0.3, -0.25) is 14.8 Å². The Morgan fingerprint density at radius 3 is 2.93 bits per heavy atom. The van der Waals surface area contributed by atoms with Gasteiger partial charge in [0, 0.05) is 19.5 Å². The summed E-state index contributed by atoms with van der Waals surface area (Å²) in [6.07, 6.45) is 5.00. The monoisotopic (exact) mass is 197 g/mol. The third kappa shape index (κ3) is 3.78. The van der Waals surface area contributed by atoms with Crippen LogP contribution in [0.3, 0.4) is 0 Å². The van der Waals surface area contributed by atoms with Crippen molar-refractivity contribution in [2.24, 2.45) is 0 Å². The van der Waals surface area contributed by atoms with Crippen LogP contribution in [0.4, 0.5) is 0 Å². The van der Waals surface area contributed by atoms with Crippen molar-refractivity contribution < 1.29 is 9.57 Å². The molecule has 0 aromatic carbocycles. The second-order valence-corrected chi connectivity index (χ2v) is 2.81. The van der Waals surface area contributed by atoms with E-state index in [1.165, 1.54) is 0 Å². The lowest BCUT2D eigenvalue weighted by molar-refractivity contribution is -0.00996. The predicted molar refractivity (Wildman–Crippen MR) is 51.4 cm³/mol. The van der Waals surface area contributed by atoms with Gasteiger partial charge in [0.15, 0.2) is 0 Å². The molecule has 0 saturated carbocycles. The Bertz CT molecular complexity index is 243. The van der Waals surface area contributed by atoms with E-state index in [-0.39, 0.29) is 6.04 Å². The van der Waals surface area contributed by atoms with Crippen LogP contribution in [0.15, 0.2) is 18.6 Å². The van der Waals surface area contributed by atoms with Crippen LogP contribution in [-0.4, -0.2) is 30.3 Å². The van der Waals surface area contributed by atoms with Crippen LogP contribution in [0.2, 0.25) is 0 Å². The summed E-state index contributed by atoms with van der Waals surface area (Å²) in [5.74, 6) is 0. The first-order chi connectivity index (χ1) is 6.84. The molecule has 0 aliphatic carbocycles. The number of aromatic nitrogens is 2. The zero-order valence-electron chi connectivity index (χ0n) is 8.43. The maximum absolute atomic E-state index is 5.15. The van der Waals surface area contributed by atoms with Crippen molar-refractivity contribution in [3.8, 4) is 0 Å². The van der Waals surface area contributed by atoms with Crippen molar-refractivity contribution in [3.63, 3.8) is 0 Å². The van der Waals surface area contributed by atoms with Gasteiger partial charge in [0.2, 0.25) is 0 Å². The van der Waals surface area contributed by atoms with E-state index in [1.54, 1.807) is 25.7 Å². The molecule has 5 heteroatoms. The van der Waals surface area contributed by atoms with Crippen LogP contribution >= 0.6 is 0 Å². The Morgan fingerprint density at radius 2 is 2.29 bits per heavy atom. The summed E-state index contributed by atoms with van der Waals surface area (Å²) < 4.78 is 4.84. The summed E-state index contributed by atoms with van der Waals surface area (Å²) in [6, 6.07) is 0.0283. The third-order valence-corrected chi connectivity index (χ3v) is 1.68. The highest BCUT2D eigenvalue weighted by atomic mass is 16.7. The van der Waals surface area contributed by atoms with Gasteiger partial charge in [-0.15, -0.1) is 0 Å². The Morgan fingerprint density at radius 1 is 1.43 bits per heavy atom. The van der Waals surface area contributed by atoms with Crippen LogP contribution in [0, 0.1) is 0 Å². The topological polar surface area (TPSA) is 56.3 Å². The number of hydrogen-bond donors (Lipinski definition) is 1. The number of nitrogens with zero attached hydrogens (tertiary/aromatic N) is 2. The van der Waals surface area contributed by atoms with Crippen LogP contribution < -0.4 is 5.48 Å². The van der Waals surface area contributed by atoms with Gasteiger partial charge in [-0.05, 0) is 6.92 Å². The van der Waals surface area contributed by atoms with Gasteiger partial charge in [-0.25, -0.2) is 0 Å². The molecule has 1 aromatic rings. The van der Waals surface area contributed by atoms with E-state index in [2.05, 4.69) is 15.4 Å². The summed E-state index contributed by atoms with van der Waals surface area (Å²) in [6.45, 7) is 3.04. The van der Waals surface area contributed by atoms with Crippen molar-refractivity contribution in [1.29, 1.82) is 0 Å². The third-order valence-electron chi connectivity index (χ3n) is 1.68. The average Bonchev–Trinajstić information content (AvgIpc) is 2.25. The van der Waals surface area contributed by atoms with Crippen LogP contribution in [0.25, 0.3) is 0 Å². The maximum atomic E-state index is 5.15. The molecule has 1 rings (SSSR count). The van der Waals surface area contributed by atoms with Crippen molar-refractivity contribution in [3.05, 3.63) is 24.3 Å². The molecular formula is C9H15N3O2. The Hall–Kier alpha value is -1.04. The van der Waals surface area contributed by atoms with E-state index >= 15 is 0 Å². The highest BCUT2D eigenvalue weighted by molar-refractivity contribution is 4.99. The molecule has 1 heterocycles. The van der Waals surface area contributed by atoms with Crippen molar-refractivity contribution in [1.82, 2.24) is 15.4 Å². The second-order valence-electron chi connectivity index (χ2n) is 2.81. The van der Waals surface area contributed by atoms with E-state index in [0.29, 0.717) is 13.2 Å². The molecule has 0 spiro atoms. The minimum absolute atomic E-state index is 0.0283. The molecule has 0 fully saturated rings. The fraction of sp³-hybridized carbons (Fsp3) is 0.556. The molecule has 0 saturated heterocycles. The molecule has 0 amide bonds. The fourth-order valence-corrected chi connectivity index (χ4v) is 0.904. The number of methoxy groups -OCH3 is 1. The SMILES string of the molecule is COCCONC(C)c1cnccn1. The highest BCUT2D eigenvalue weighted by Gasteiger charge is 2.05. The van der Waals surface area contributed by atoms with Gasteiger partial charge in [0.25, 0.3) is 0 Å². The molecule has 78 valence electrons. The Kier molecular flexibility index (Phi) is 5.06. The average molecular weight is 197 g/mol. The molecule has 1 N–H and O–H groups in total. The number of ether oxygens (including phenoxy) is 1.